The van der Waals surface area contributed by atoms with E-state index in [0.717, 1.165) is 16.7 Å². The van der Waals surface area contributed by atoms with Crippen molar-refractivity contribution in [3.05, 3.63) is 48.0 Å². The van der Waals surface area contributed by atoms with E-state index in [9.17, 15) is 5.11 Å². The fraction of sp³-hybridized carbons (Fsp3) is 0.0769. The average Bonchev–Trinajstić information content (AvgIpc) is 2.23. The minimum absolute atomic E-state index is 0.259. The molecule has 0 saturated heterocycles. The van der Waals surface area contributed by atoms with Gasteiger partial charge < -0.3 is 10.2 Å². The van der Waals surface area contributed by atoms with Crippen LogP contribution in [-0.2, 0) is 0 Å². The molecule has 0 amide bonds. The van der Waals surface area contributed by atoms with Crippen LogP contribution in [0.2, 0.25) is 0 Å². The quantitative estimate of drug-likeness (QED) is 0.742. The molecule has 0 radical (unpaired) electrons. The van der Waals surface area contributed by atoms with Gasteiger partial charge in [-0.1, -0.05) is 18.2 Å². The van der Waals surface area contributed by atoms with Crippen LogP contribution in [-0.4, -0.2) is 10.2 Å². The SMILES string of the molecule is Cc1cc(-c2ccc(O)cc2)ccc1O. The highest BCUT2D eigenvalue weighted by Crippen LogP contribution is 2.26. The van der Waals surface area contributed by atoms with Crippen LogP contribution in [0.3, 0.4) is 0 Å². The molecular weight excluding hydrogens is 188 g/mol. The second-order valence-corrected chi connectivity index (χ2v) is 3.55. The van der Waals surface area contributed by atoms with E-state index >= 15 is 0 Å². The summed E-state index contributed by atoms with van der Waals surface area (Å²) in [7, 11) is 0. The monoisotopic (exact) mass is 200 g/mol. The largest absolute Gasteiger partial charge is 0.508 e. The second-order valence-electron chi connectivity index (χ2n) is 3.55. The first-order chi connectivity index (χ1) is 7.16. The minimum atomic E-state index is 0.259. The number of hydrogen-bond acceptors (Lipinski definition) is 2. The van der Waals surface area contributed by atoms with Gasteiger partial charge in [-0.3, -0.25) is 0 Å². The zero-order valence-corrected chi connectivity index (χ0v) is 8.44. The summed E-state index contributed by atoms with van der Waals surface area (Å²) in [6.45, 7) is 1.86. The van der Waals surface area contributed by atoms with Crippen molar-refractivity contribution in [1.82, 2.24) is 0 Å². The van der Waals surface area contributed by atoms with Crippen molar-refractivity contribution in [3.63, 3.8) is 0 Å². The van der Waals surface area contributed by atoms with E-state index < -0.39 is 0 Å². The Kier molecular flexibility index (Phi) is 2.34. The molecule has 0 aliphatic heterocycles. The molecule has 0 saturated carbocycles. The van der Waals surface area contributed by atoms with Crippen LogP contribution in [0.5, 0.6) is 11.5 Å². The summed E-state index contributed by atoms with van der Waals surface area (Å²) in [6.07, 6.45) is 0. The van der Waals surface area contributed by atoms with Crippen LogP contribution in [0.1, 0.15) is 5.56 Å². The Morgan fingerprint density at radius 2 is 1.40 bits per heavy atom. The van der Waals surface area contributed by atoms with E-state index in [-0.39, 0.29) is 5.75 Å². The lowest BCUT2D eigenvalue weighted by atomic mass is 10.0. The van der Waals surface area contributed by atoms with Crippen LogP contribution in [0, 0.1) is 6.92 Å². The lowest BCUT2D eigenvalue weighted by Crippen LogP contribution is -1.80. The first-order valence-electron chi connectivity index (χ1n) is 4.76. The third-order valence-electron chi connectivity index (χ3n) is 2.40. The number of aromatic hydroxyl groups is 2. The topological polar surface area (TPSA) is 40.5 Å². The van der Waals surface area contributed by atoms with Gasteiger partial charge in [0.1, 0.15) is 11.5 Å². The van der Waals surface area contributed by atoms with Gasteiger partial charge in [-0.15, -0.1) is 0 Å². The highest BCUT2D eigenvalue weighted by molar-refractivity contribution is 5.66. The summed E-state index contributed by atoms with van der Waals surface area (Å²) in [6, 6.07) is 12.4. The molecule has 0 aromatic heterocycles. The molecule has 2 heteroatoms. The van der Waals surface area contributed by atoms with E-state index in [2.05, 4.69) is 0 Å². The van der Waals surface area contributed by atoms with Gasteiger partial charge in [-0.25, -0.2) is 0 Å². The van der Waals surface area contributed by atoms with Gasteiger partial charge in [0.25, 0.3) is 0 Å². The fourth-order valence-corrected chi connectivity index (χ4v) is 1.49. The van der Waals surface area contributed by atoms with Crippen LogP contribution in [0.25, 0.3) is 11.1 Å². The van der Waals surface area contributed by atoms with Gasteiger partial charge in [0.2, 0.25) is 0 Å². The highest BCUT2D eigenvalue weighted by Gasteiger charge is 2.00. The third-order valence-corrected chi connectivity index (χ3v) is 2.40. The van der Waals surface area contributed by atoms with Gasteiger partial charge in [0.15, 0.2) is 0 Å². The Labute approximate surface area is 88.4 Å². The van der Waals surface area contributed by atoms with E-state index in [4.69, 9.17) is 5.11 Å². The van der Waals surface area contributed by atoms with Gasteiger partial charge in [0.05, 0.1) is 0 Å². The molecule has 0 atom stereocenters. The van der Waals surface area contributed by atoms with Crippen LogP contribution in [0.15, 0.2) is 42.5 Å². The molecule has 2 aromatic carbocycles. The number of rotatable bonds is 1. The third kappa shape index (κ3) is 1.94. The zero-order valence-electron chi connectivity index (χ0n) is 8.44. The molecule has 15 heavy (non-hydrogen) atoms. The van der Waals surface area contributed by atoms with Crippen LogP contribution in [0.4, 0.5) is 0 Å². The maximum atomic E-state index is 9.39. The standard InChI is InChI=1S/C13H12O2/c1-9-8-11(4-7-13(9)15)10-2-5-12(14)6-3-10/h2-8,14-15H,1H3. The predicted molar refractivity (Wildman–Crippen MR) is 59.9 cm³/mol. The molecule has 0 bridgehead atoms. The van der Waals surface area contributed by atoms with Gasteiger partial charge in [-0.05, 0) is 47.9 Å². The van der Waals surface area contributed by atoms with E-state index in [1.165, 1.54) is 0 Å². The number of aryl methyl sites for hydroxylation is 1. The summed E-state index contributed by atoms with van der Waals surface area (Å²) >= 11 is 0. The Balaban J connectivity index is 2.45. The molecule has 2 N–H and O–H groups in total. The number of phenols is 2. The smallest absolute Gasteiger partial charge is 0.118 e. The van der Waals surface area contributed by atoms with Crippen molar-refractivity contribution < 1.29 is 10.2 Å². The maximum Gasteiger partial charge on any atom is 0.118 e. The molecule has 2 nitrogen and oxygen atoms in total. The molecule has 0 aliphatic rings. The van der Waals surface area contributed by atoms with Crippen LogP contribution >= 0.6 is 0 Å². The number of benzene rings is 2. The minimum Gasteiger partial charge on any atom is -0.508 e. The molecule has 0 spiro atoms. The van der Waals surface area contributed by atoms with Crippen molar-refractivity contribution in [1.29, 1.82) is 0 Å². The summed E-state index contributed by atoms with van der Waals surface area (Å²) < 4.78 is 0. The first-order valence-corrected chi connectivity index (χ1v) is 4.76. The van der Waals surface area contributed by atoms with Crippen molar-refractivity contribution in [2.75, 3.05) is 0 Å². The molecule has 76 valence electrons. The molecule has 0 aliphatic carbocycles. The summed E-state index contributed by atoms with van der Waals surface area (Å²) in [5.74, 6) is 0.562. The lowest BCUT2D eigenvalue weighted by Gasteiger charge is -2.04. The van der Waals surface area contributed by atoms with Gasteiger partial charge in [-0.2, -0.15) is 0 Å². The maximum absolute atomic E-state index is 9.39. The molecule has 0 unspecified atom stereocenters. The van der Waals surface area contributed by atoms with Crippen molar-refractivity contribution in [2.45, 2.75) is 6.92 Å². The molecule has 2 aromatic rings. The Morgan fingerprint density at radius 3 is 2.00 bits per heavy atom. The van der Waals surface area contributed by atoms with E-state index in [1.54, 1.807) is 18.2 Å². The van der Waals surface area contributed by atoms with Gasteiger partial charge >= 0.3 is 0 Å². The fourth-order valence-electron chi connectivity index (χ4n) is 1.49. The van der Waals surface area contributed by atoms with Crippen molar-refractivity contribution in [2.24, 2.45) is 0 Å². The summed E-state index contributed by atoms with van der Waals surface area (Å²) in [5, 5.41) is 18.6. The molecule has 0 heterocycles. The Morgan fingerprint density at radius 1 is 0.800 bits per heavy atom. The normalized spacial score (nSPS) is 10.2. The average molecular weight is 200 g/mol. The van der Waals surface area contributed by atoms with Crippen molar-refractivity contribution in [3.8, 4) is 22.6 Å². The first kappa shape index (κ1) is 9.59. The summed E-state index contributed by atoms with van der Waals surface area (Å²) in [4.78, 5) is 0. The highest BCUT2D eigenvalue weighted by atomic mass is 16.3. The zero-order chi connectivity index (χ0) is 10.8. The number of hydrogen-bond donors (Lipinski definition) is 2. The van der Waals surface area contributed by atoms with Gasteiger partial charge in [0, 0.05) is 0 Å². The van der Waals surface area contributed by atoms with E-state index in [0.29, 0.717) is 5.75 Å². The predicted octanol–water partition coefficient (Wildman–Crippen LogP) is 3.07. The second kappa shape index (κ2) is 3.65. The molecule has 0 fully saturated rings. The lowest BCUT2D eigenvalue weighted by molar-refractivity contribution is 0.471. The summed E-state index contributed by atoms with van der Waals surface area (Å²) in [5.41, 5.74) is 2.90. The van der Waals surface area contributed by atoms with Crippen LogP contribution < -0.4 is 0 Å². The van der Waals surface area contributed by atoms with E-state index in [1.807, 2.05) is 31.2 Å². The van der Waals surface area contributed by atoms with Crippen molar-refractivity contribution >= 4 is 0 Å². The number of phenolic OH excluding ortho intramolecular Hbond substituents is 2. The molecule has 2 rings (SSSR count). The Bertz CT molecular complexity index is 472. The molecular formula is C13H12O2. The Hall–Kier alpha value is -1.96.